The summed E-state index contributed by atoms with van der Waals surface area (Å²) in [5.41, 5.74) is 0.444. The van der Waals surface area contributed by atoms with Gasteiger partial charge < -0.3 is 15.5 Å². The molecular weight excluding hydrogens is 321 g/mol. The molecule has 0 aliphatic heterocycles. The van der Waals surface area contributed by atoms with Gasteiger partial charge in [0.25, 0.3) is 5.91 Å². The van der Waals surface area contributed by atoms with Crippen LogP contribution in [0.5, 0.6) is 5.75 Å². The predicted molar refractivity (Wildman–Crippen MR) is 67.3 cm³/mol. The lowest BCUT2D eigenvalue weighted by atomic mass is 9.89. The molecule has 1 amide bonds. The van der Waals surface area contributed by atoms with E-state index in [1.54, 1.807) is 12.1 Å². The fraction of sp³-hybridized carbons (Fsp3) is 0.364. The summed E-state index contributed by atoms with van der Waals surface area (Å²) >= 11 is 2.00. The number of aromatic hydroxyl groups is 1. The van der Waals surface area contributed by atoms with E-state index in [9.17, 15) is 9.90 Å². The molecule has 0 bridgehead atoms. The summed E-state index contributed by atoms with van der Waals surface area (Å²) in [6.07, 6.45) is 0.944. The number of benzene rings is 1. The molecule has 0 unspecified atom stereocenters. The second-order valence-corrected chi connectivity index (χ2v) is 5.12. The molecule has 1 aliphatic carbocycles. The van der Waals surface area contributed by atoms with Gasteiger partial charge in [0.1, 0.15) is 5.75 Å². The first-order valence-corrected chi connectivity index (χ1v) is 6.11. The van der Waals surface area contributed by atoms with Crippen molar-refractivity contribution in [3.05, 3.63) is 27.3 Å². The van der Waals surface area contributed by atoms with E-state index in [1.165, 1.54) is 6.07 Å². The van der Waals surface area contributed by atoms with E-state index in [2.05, 4.69) is 5.32 Å². The van der Waals surface area contributed by atoms with Gasteiger partial charge in [-0.3, -0.25) is 4.79 Å². The van der Waals surface area contributed by atoms with Gasteiger partial charge in [-0.05, 0) is 53.6 Å². The minimum atomic E-state index is -0.282. The van der Waals surface area contributed by atoms with Crippen LogP contribution >= 0.6 is 22.6 Å². The van der Waals surface area contributed by atoms with Crippen LogP contribution in [0.15, 0.2) is 18.2 Å². The Morgan fingerprint density at radius 2 is 2.12 bits per heavy atom. The number of phenols is 1. The molecule has 1 aromatic rings. The molecule has 0 radical (unpaired) electrons. The van der Waals surface area contributed by atoms with E-state index in [0.717, 1.165) is 0 Å². The maximum absolute atomic E-state index is 11.7. The van der Waals surface area contributed by atoms with Crippen LogP contribution < -0.4 is 5.32 Å². The fourth-order valence-corrected chi connectivity index (χ4v) is 1.96. The topological polar surface area (TPSA) is 69.6 Å². The van der Waals surface area contributed by atoms with Crippen molar-refractivity contribution in [1.29, 1.82) is 0 Å². The molecule has 86 valence electrons. The number of rotatable bonds is 2. The van der Waals surface area contributed by atoms with Gasteiger partial charge in [0, 0.05) is 11.6 Å². The summed E-state index contributed by atoms with van der Waals surface area (Å²) in [6.45, 7) is 0. The number of hydrogen-bond acceptors (Lipinski definition) is 3. The molecule has 0 aromatic heterocycles. The van der Waals surface area contributed by atoms with Gasteiger partial charge in [0.2, 0.25) is 0 Å². The van der Waals surface area contributed by atoms with E-state index < -0.39 is 0 Å². The lowest BCUT2D eigenvalue weighted by Gasteiger charge is -2.31. The van der Waals surface area contributed by atoms with Crippen molar-refractivity contribution in [2.75, 3.05) is 0 Å². The van der Waals surface area contributed by atoms with Crippen molar-refractivity contribution in [3.8, 4) is 5.75 Å². The van der Waals surface area contributed by atoms with E-state index in [0.29, 0.717) is 22.0 Å². The number of hydrogen-bond donors (Lipinski definition) is 3. The average Bonchev–Trinajstić information content (AvgIpc) is 2.19. The van der Waals surface area contributed by atoms with Crippen LogP contribution in [0.3, 0.4) is 0 Å². The van der Waals surface area contributed by atoms with E-state index in [4.69, 9.17) is 5.11 Å². The highest BCUT2D eigenvalue weighted by molar-refractivity contribution is 14.1. The van der Waals surface area contributed by atoms with Gasteiger partial charge in [-0.15, -0.1) is 0 Å². The number of carbonyl (C=O) groups is 1. The predicted octanol–water partition coefficient (Wildman–Crippen LogP) is 1.25. The lowest BCUT2D eigenvalue weighted by Crippen LogP contribution is -2.46. The smallest absolute Gasteiger partial charge is 0.251 e. The molecule has 3 N–H and O–H groups in total. The van der Waals surface area contributed by atoms with Crippen LogP contribution in [0.25, 0.3) is 0 Å². The minimum Gasteiger partial charge on any atom is -0.507 e. The van der Waals surface area contributed by atoms with Crippen LogP contribution in [-0.4, -0.2) is 28.3 Å². The summed E-state index contributed by atoms with van der Waals surface area (Å²) in [6, 6.07) is 4.88. The zero-order valence-electron chi connectivity index (χ0n) is 8.48. The second-order valence-electron chi connectivity index (χ2n) is 3.96. The second kappa shape index (κ2) is 4.58. The van der Waals surface area contributed by atoms with Crippen LogP contribution in [-0.2, 0) is 0 Å². The van der Waals surface area contributed by atoms with Crippen LogP contribution in [0, 0.1) is 3.57 Å². The number of phenolic OH excluding ortho intramolecular Hbond substituents is 1. The van der Waals surface area contributed by atoms with Crippen molar-refractivity contribution in [1.82, 2.24) is 5.32 Å². The summed E-state index contributed by atoms with van der Waals surface area (Å²) in [5.74, 6) is -0.0921. The highest BCUT2D eigenvalue weighted by Gasteiger charge is 2.28. The maximum Gasteiger partial charge on any atom is 0.251 e. The first kappa shape index (κ1) is 11.7. The van der Waals surface area contributed by atoms with Crippen molar-refractivity contribution >= 4 is 28.5 Å². The third kappa shape index (κ3) is 2.46. The standard InChI is InChI=1S/C11H12INO3/c12-9-2-1-6(3-10(9)15)11(16)13-7-4-8(14)5-7/h1-3,7-8,14-15H,4-5H2,(H,13,16). The summed E-state index contributed by atoms with van der Waals surface area (Å²) in [7, 11) is 0. The van der Waals surface area contributed by atoms with Crippen LogP contribution in [0.1, 0.15) is 23.2 Å². The van der Waals surface area contributed by atoms with Crippen LogP contribution in [0.2, 0.25) is 0 Å². The van der Waals surface area contributed by atoms with E-state index >= 15 is 0 Å². The first-order valence-electron chi connectivity index (χ1n) is 5.03. The van der Waals surface area contributed by atoms with Gasteiger partial charge >= 0.3 is 0 Å². The number of carbonyl (C=O) groups excluding carboxylic acids is 1. The summed E-state index contributed by atoms with van der Waals surface area (Å²) in [5, 5.41) is 21.4. The van der Waals surface area contributed by atoms with Gasteiger partial charge in [-0.25, -0.2) is 0 Å². The molecule has 0 saturated heterocycles. The molecule has 2 rings (SSSR count). The van der Waals surface area contributed by atoms with Gasteiger partial charge in [0.05, 0.1) is 9.67 Å². The Morgan fingerprint density at radius 3 is 2.69 bits per heavy atom. The van der Waals surface area contributed by atoms with Gasteiger partial charge in [-0.2, -0.15) is 0 Å². The molecule has 0 spiro atoms. The number of aliphatic hydroxyl groups excluding tert-OH is 1. The molecule has 5 heteroatoms. The summed E-state index contributed by atoms with van der Waals surface area (Å²) < 4.78 is 0.716. The fourth-order valence-electron chi connectivity index (χ4n) is 1.63. The molecule has 0 heterocycles. The van der Waals surface area contributed by atoms with E-state index in [-0.39, 0.29) is 23.8 Å². The molecule has 1 aromatic carbocycles. The Labute approximate surface area is 107 Å². The minimum absolute atomic E-state index is 0.0592. The largest absolute Gasteiger partial charge is 0.507 e. The zero-order valence-corrected chi connectivity index (χ0v) is 10.6. The summed E-state index contributed by atoms with van der Waals surface area (Å²) in [4.78, 5) is 11.7. The Morgan fingerprint density at radius 1 is 1.44 bits per heavy atom. The molecule has 1 saturated carbocycles. The number of halogens is 1. The Balaban J connectivity index is 2.01. The number of nitrogens with one attached hydrogen (secondary N) is 1. The Kier molecular flexibility index (Phi) is 3.34. The molecule has 4 nitrogen and oxygen atoms in total. The van der Waals surface area contributed by atoms with Crippen molar-refractivity contribution < 1.29 is 15.0 Å². The third-order valence-electron chi connectivity index (χ3n) is 2.66. The quantitative estimate of drug-likeness (QED) is 0.714. The molecule has 16 heavy (non-hydrogen) atoms. The highest BCUT2D eigenvalue weighted by Crippen LogP contribution is 2.22. The first-order chi connectivity index (χ1) is 7.56. The molecule has 1 fully saturated rings. The lowest BCUT2D eigenvalue weighted by molar-refractivity contribution is 0.0562. The monoisotopic (exact) mass is 333 g/mol. The van der Waals surface area contributed by atoms with Crippen molar-refractivity contribution in [2.24, 2.45) is 0 Å². The molecular formula is C11H12INO3. The van der Waals surface area contributed by atoms with Crippen molar-refractivity contribution in [3.63, 3.8) is 0 Å². The van der Waals surface area contributed by atoms with Gasteiger partial charge in [-0.1, -0.05) is 0 Å². The van der Waals surface area contributed by atoms with Crippen LogP contribution in [0.4, 0.5) is 0 Å². The maximum atomic E-state index is 11.7. The number of aliphatic hydroxyl groups is 1. The Hall–Kier alpha value is -0.820. The molecule has 0 atom stereocenters. The van der Waals surface area contributed by atoms with E-state index in [1.807, 2.05) is 22.6 Å². The normalized spacial score (nSPS) is 23.6. The highest BCUT2D eigenvalue weighted by atomic mass is 127. The Bertz CT molecular complexity index is 416. The zero-order chi connectivity index (χ0) is 11.7. The van der Waals surface area contributed by atoms with Crippen molar-refractivity contribution in [2.45, 2.75) is 25.0 Å². The number of amides is 1. The third-order valence-corrected chi connectivity index (χ3v) is 3.57. The van der Waals surface area contributed by atoms with Gasteiger partial charge in [0.15, 0.2) is 0 Å². The molecule has 1 aliphatic rings. The average molecular weight is 333 g/mol. The SMILES string of the molecule is O=C(NC1CC(O)C1)c1ccc(I)c(O)c1.